The predicted octanol–water partition coefficient (Wildman–Crippen LogP) is 3.44. The van der Waals surface area contributed by atoms with Crippen LogP contribution in [0.3, 0.4) is 0 Å². The van der Waals surface area contributed by atoms with Crippen LogP contribution < -0.4 is 10.1 Å². The van der Waals surface area contributed by atoms with E-state index in [2.05, 4.69) is 10.5 Å². The van der Waals surface area contributed by atoms with Crippen LogP contribution in [0, 0.1) is 6.92 Å². The van der Waals surface area contributed by atoms with Gasteiger partial charge in [0, 0.05) is 0 Å². The summed E-state index contributed by atoms with van der Waals surface area (Å²) in [4.78, 5) is 12.4. The van der Waals surface area contributed by atoms with Crippen molar-refractivity contribution in [2.45, 2.75) is 40.2 Å². The predicted molar refractivity (Wildman–Crippen MR) is 84.1 cm³/mol. The fourth-order valence-corrected chi connectivity index (χ4v) is 2.32. The summed E-state index contributed by atoms with van der Waals surface area (Å²) >= 11 is 0. The zero-order valence-electron chi connectivity index (χ0n) is 13.5. The van der Waals surface area contributed by atoms with Crippen molar-refractivity contribution in [2.75, 3.05) is 6.61 Å². The molecule has 0 fully saturated rings. The van der Waals surface area contributed by atoms with Crippen LogP contribution in [-0.2, 0) is 6.42 Å². The van der Waals surface area contributed by atoms with E-state index in [0.717, 1.165) is 11.3 Å². The molecular formula is C17H22N2O3. The van der Waals surface area contributed by atoms with E-state index in [0.29, 0.717) is 30.0 Å². The van der Waals surface area contributed by atoms with Crippen molar-refractivity contribution in [1.82, 2.24) is 10.5 Å². The molecule has 1 atom stereocenters. The molecule has 0 aliphatic carbocycles. The minimum Gasteiger partial charge on any atom is -0.494 e. The Morgan fingerprint density at radius 3 is 2.59 bits per heavy atom. The number of aryl methyl sites for hydroxylation is 2. The van der Waals surface area contributed by atoms with Gasteiger partial charge < -0.3 is 14.6 Å². The van der Waals surface area contributed by atoms with Crippen molar-refractivity contribution in [3.8, 4) is 5.75 Å². The van der Waals surface area contributed by atoms with Gasteiger partial charge in [-0.3, -0.25) is 4.79 Å². The Morgan fingerprint density at radius 2 is 2.00 bits per heavy atom. The van der Waals surface area contributed by atoms with E-state index in [9.17, 15) is 4.79 Å². The number of nitrogens with one attached hydrogen (secondary N) is 1. The van der Waals surface area contributed by atoms with Crippen LogP contribution in [0.1, 0.15) is 54.2 Å². The van der Waals surface area contributed by atoms with Gasteiger partial charge in [0.05, 0.1) is 18.3 Å². The van der Waals surface area contributed by atoms with Crippen LogP contribution >= 0.6 is 0 Å². The Kier molecular flexibility index (Phi) is 5.20. The van der Waals surface area contributed by atoms with E-state index >= 15 is 0 Å². The normalized spacial score (nSPS) is 12.0. The van der Waals surface area contributed by atoms with Crippen LogP contribution in [0.15, 0.2) is 28.8 Å². The lowest BCUT2D eigenvalue weighted by molar-refractivity contribution is 0.0937. The molecule has 1 amide bonds. The highest BCUT2D eigenvalue weighted by Gasteiger charge is 2.20. The molecule has 0 unspecified atom stereocenters. The minimum absolute atomic E-state index is 0.109. The first-order valence-electron chi connectivity index (χ1n) is 7.55. The third kappa shape index (κ3) is 3.47. The van der Waals surface area contributed by atoms with E-state index in [1.807, 2.05) is 45.0 Å². The zero-order chi connectivity index (χ0) is 16.1. The molecule has 0 aliphatic rings. The van der Waals surface area contributed by atoms with Crippen molar-refractivity contribution >= 4 is 5.91 Å². The topological polar surface area (TPSA) is 64.4 Å². The smallest absolute Gasteiger partial charge is 0.257 e. The molecule has 2 aromatic rings. The van der Waals surface area contributed by atoms with E-state index < -0.39 is 0 Å². The zero-order valence-corrected chi connectivity index (χ0v) is 13.5. The molecule has 0 saturated carbocycles. The quantitative estimate of drug-likeness (QED) is 0.888. The summed E-state index contributed by atoms with van der Waals surface area (Å²) < 4.78 is 10.5. The molecule has 0 spiro atoms. The Hall–Kier alpha value is -2.30. The van der Waals surface area contributed by atoms with Gasteiger partial charge in [0.2, 0.25) is 0 Å². The van der Waals surface area contributed by atoms with Crippen LogP contribution in [0.25, 0.3) is 0 Å². The number of benzene rings is 1. The molecule has 1 heterocycles. The van der Waals surface area contributed by atoms with Gasteiger partial charge in [-0.1, -0.05) is 24.2 Å². The average Bonchev–Trinajstić information content (AvgIpc) is 2.89. The molecule has 5 heteroatoms. The maximum absolute atomic E-state index is 12.4. The first kappa shape index (κ1) is 16.1. The number of aromatic nitrogens is 1. The van der Waals surface area contributed by atoms with Gasteiger partial charge in [-0.05, 0) is 44.9 Å². The second-order valence-electron chi connectivity index (χ2n) is 5.11. The van der Waals surface area contributed by atoms with Crippen molar-refractivity contribution in [3.05, 3.63) is 46.8 Å². The molecule has 0 saturated heterocycles. The summed E-state index contributed by atoms with van der Waals surface area (Å²) in [6, 6.07) is 7.61. The molecule has 1 N–H and O–H groups in total. The highest BCUT2D eigenvalue weighted by atomic mass is 16.5. The Labute approximate surface area is 130 Å². The lowest BCUT2D eigenvalue weighted by atomic mass is 10.1. The molecule has 1 aromatic heterocycles. The largest absolute Gasteiger partial charge is 0.494 e. The number of ether oxygens (including phenoxy) is 1. The molecule has 5 nitrogen and oxygen atoms in total. The number of carbonyl (C=O) groups excluding carboxylic acids is 1. The average molecular weight is 302 g/mol. The second-order valence-corrected chi connectivity index (χ2v) is 5.11. The van der Waals surface area contributed by atoms with Crippen molar-refractivity contribution in [3.63, 3.8) is 0 Å². The number of hydrogen-bond donors (Lipinski definition) is 1. The molecule has 22 heavy (non-hydrogen) atoms. The molecule has 0 aliphatic heterocycles. The summed E-state index contributed by atoms with van der Waals surface area (Å²) in [6.45, 7) is 8.23. The second kappa shape index (κ2) is 7.11. The van der Waals surface area contributed by atoms with E-state index in [1.54, 1.807) is 6.92 Å². The SMILES string of the molecule is CCOc1ccc([C@@H](C)NC(=O)c2c(CC)noc2C)cc1. The van der Waals surface area contributed by atoms with Crippen LogP contribution in [0.4, 0.5) is 0 Å². The van der Waals surface area contributed by atoms with Gasteiger partial charge in [0.25, 0.3) is 5.91 Å². The third-order valence-corrected chi connectivity index (χ3v) is 3.53. The molecule has 2 rings (SSSR count). The lowest BCUT2D eigenvalue weighted by Gasteiger charge is -2.15. The molecule has 0 radical (unpaired) electrons. The van der Waals surface area contributed by atoms with E-state index in [-0.39, 0.29) is 11.9 Å². The van der Waals surface area contributed by atoms with Gasteiger partial charge in [0.15, 0.2) is 0 Å². The van der Waals surface area contributed by atoms with Gasteiger partial charge in [-0.2, -0.15) is 0 Å². The Morgan fingerprint density at radius 1 is 1.32 bits per heavy atom. The molecule has 1 aromatic carbocycles. The third-order valence-electron chi connectivity index (χ3n) is 3.53. The van der Waals surface area contributed by atoms with Gasteiger partial charge in [-0.25, -0.2) is 0 Å². The number of hydrogen-bond acceptors (Lipinski definition) is 4. The summed E-state index contributed by atoms with van der Waals surface area (Å²) in [5, 5.41) is 6.90. The van der Waals surface area contributed by atoms with Gasteiger partial charge in [0.1, 0.15) is 17.1 Å². The molecular weight excluding hydrogens is 280 g/mol. The van der Waals surface area contributed by atoms with Crippen molar-refractivity contribution in [1.29, 1.82) is 0 Å². The fourth-order valence-electron chi connectivity index (χ4n) is 2.32. The maximum Gasteiger partial charge on any atom is 0.257 e. The number of nitrogens with zero attached hydrogens (tertiary/aromatic N) is 1. The van der Waals surface area contributed by atoms with Gasteiger partial charge in [-0.15, -0.1) is 0 Å². The number of carbonyl (C=O) groups is 1. The monoisotopic (exact) mass is 302 g/mol. The summed E-state index contributed by atoms with van der Waals surface area (Å²) in [5.41, 5.74) is 2.25. The van der Waals surface area contributed by atoms with E-state index in [4.69, 9.17) is 9.26 Å². The lowest BCUT2D eigenvalue weighted by Crippen LogP contribution is -2.27. The highest BCUT2D eigenvalue weighted by Crippen LogP contribution is 2.20. The van der Waals surface area contributed by atoms with Crippen molar-refractivity contribution < 1.29 is 14.1 Å². The van der Waals surface area contributed by atoms with Crippen LogP contribution in [-0.4, -0.2) is 17.7 Å². The number of rotatable bonds is 6. The highest BCUT2D eigenvalue weighted by molar-refractivity contribution is 5.96. The first-order chi connectivity index (χ1) is 10.6. The summed E-state index contributed by atoms with van der Waals surface area (Å²) in [7, 11) is 0. The van der Waals surface area contributed by atoms with Crippen LogP contribution in [0.2, 0.25) is 0 Å². The van der Waals surface area contributed by atoms with Crippen LogP contribution in [0.5, 0.6) is 5.75 Å². The standard InChI is InChI=1S/C17H22N2O3/c1-5-15-16(12(4)22-19-15)17(20)18-11(3)13-7-9-14(10-8-13)21-6-2/h7-11H,5-6H2,1-4H3,(H,18,20)/t11-/m1/s1. The van der Waals surface area contributed by atoms with Crippen molar-refractivity contribution in [2.24, 2.45) is 0 Å². The minimum atomic E-state index is -0.156. The maximum atomic E-state index is 12.4. The van der Waals surface area contributed by atoms with Gasteiger partial charge >= 0.3 is 0 Å². The molecule has 0 bridgehead atoms. The number of amides is 1. The first-order valence-corrected chi connectivity index (χ1v) is 7.55. The Balaban J connectivity index is 2.09. The summed E-state index contributed by atoms with van der Waals surface area (Å²) in [6.07, 6.45) is 0.664. The molecule has 118 valence electrons. The Bertz CT molecular complexity index is 632. The fraction of sp³-hybridized carbons (Fsp3) is 0.412. The van der Waals surface area contributed by atoms with E-state index in [1.165, 1.54) is 0 Å². The summed E-state index contributed by atoms with van der Waals surface area (Å²) in [5.74, 6) is 1.22.